The van der Waals surface area contributed by atoms with Gasteiger partial charge in [0.25, 0.3) is 0 Å². The molecule has 0 aliphatic carbocycles. The third kappa shape index (κ3) is 3.90. The minimum atomic E-state index is -0.955. The first kappa shape index (κ1) is 14.7. The lowest BCUT2D eigenvalue weighted by atomic mass is 10.1. The topological polar surface area (TPSA) is 92.4 Å². The molecule has 5 nitrogen and oxygen atoms in total. The highest BCUT2D eigenvalue weighted by molar-refractivity contribution is 5.96. The highest BCUT2D eigenvalue weighted by Gasteiger charge is 2.17. The van der Waals surface area contributed by atoms with E-state index in [1.165, 1.54) is 0 Å². The highest BCUT2D eigenvalue weighted by atomic mass is 16.4. The number of carbonyl (C=O) groups is 2. The summed E-state index contributed by atoms with van der Waals surface area (Å²) >= 11 is 0. The first-order chi connectivity index (χ1) is 10.1. The second kappa shape index (κ2) is 6.67. The smallest absolute Gasteiger partial charge is 0.307 e. The van der Waals surface area contributed by atoms with Crippen molar-refractivity contribution in [3.63, 3.8) is 0 Å². The highest BCUT2D eigenvalue weighted by Crippen LogP contribution is 2.18. The van der Waals surface area contributed by atoms with Crippen LogP contribution in [0.4, 0.5) is 5.69 Å². The van der Waals surface area contributed by atoms with Crippen LogP contribution in [0.15, 0.2) is 54.6 Å². The van der Waals surface area contributed by atoms with Crippen molar-refractivity contribution in [2.75, 3.05) is 5.32 Å². The molecule has 5 heteroatoms. The molecule has 4 N–H and O–H groups in total. The molecule has 0 saturated carbocycles. The molecule has 1 atom stereocenters. The van der Waals surface area contributed by atoms with Gasteiger partial charge in [-0.05, 0) is 17.2 Å². The zero-order chi connectivity index (χ0) is 15.2. The molecule has 0 heterocycles. The fraction of sp³-hybridized carbons (Fsp3) is 0.125. The lowest BCUT2D eigenvalue weighted by molar-refractivity contribution is -0.136. The second-order valence-electron chi connectivity index (χ2n) is 4.61. The van der Waals surface area contributed by atoms with E-state index >= 15 is 0 Å². The number of nitrogens with two attached hydrogens (primary N) is 1. The van der Waals surface area contributed by atoms with Crippen LogP contribution in [0.1, 0.15) is 17.2 Å². The van der Waals surface area contributed by atoms with Crippen molar-refractivity contribution < 1.29 is 14.7 Å². The Morgan fingerprint density at radius 3 is 2.33 bits per heavy atom. The molecule has 0 aliphatic rings. The molecular weight excluding hydrogens is 268 g/mol. The van der Waals surface area contributed by atoms with E-state index in [9.17, 15) is 9.59 Å². The lowest BCUT2D eigenvalue weighted by Crippen LogP contribution is -2.28. The van der Waals surface area contributed by atoms with Crippen molar-refractivity contribution in [2.45, 2.75) is 12.5 Å². The molecule has 0 bridgehead atoms. The summed E-state index contributed by atoms with van der Waals surface area (Å²) in [6, 6.07) is 15.0. The molecule has 0 aliphatic heterocycles. The van der Waals surface area contributed by atoms with E-state index in [1.807, 2.05) is 6.07 Å². The Morgan fingerprint density at radius 2 is 1.67 bits per heavy atom. The standard InChI is InChI=1S/C16H16N2O3/c17-15(11-6-2-1-3-7-11)16(21)18-13-9-5-4-8-12(13)10-14(19)20/h1-9,15H,10,17H2,(H,18,21)(H,19,20). The summed E-state index contributed by atoms with van der Waals surface area (Å²) in [5.41, 5.74) is 7.62. The van der Waals surface area contributed by atoms with Crippen molar-refractivity contribution in [3.8, 4) is 0 Å². The molecule has 0 fully saturated rings. The molecule has 1 amide bonds. The predicted molar refractivity (Wildman–Crippen MR) is 79.8 cm³/mol. The van der Waals surface area contributed by atoms with Crippen LogP contribution in [0.3, 0.4) is 0 Å². The van der Waals surface area contributed by atoms with Crippen LogP contribution in [0, 0.1) is 0 Å². The van der Waals surface area contributed by atoms with Gasteiger partial charge < -0.3 is 16.2 Å². The van der Waals surface area contributed by atoms with Gasteiger partial charge in [0.2, 0.25) is 5.91 Å². The molecule has 2 rings (SSSR count). The number of para-hydroxylation sites is 1. The van der Waals surface area contributed by atoms with Gasteiger partial charge in [0.15, 0.2) is 0 Å². The van der Waals surface area contributed by atoms with Crippen LogP contribution in [0.25, 0.3) is 0 Å². The monoisotopic (exact) mass is 284 g/mol. The molecular formula is C16H16N2O3. The van der Waals surface area contributed by atoms with E-state index in [0.29, 0.717) is 16.8 Å². The number of rotatable bonds is 5. The number of benzene rings is 2. The molecule has 0 aromatic heterocycles. The zero-order valence-corrected chi connectivity index (χ0v) is 11.3. The number of hydrogen-bond acceptors (Lipinski definition) is 3. The second-order valence-corrected chi connectivity index (χ2v) is 4.61. The maximum absolute atomic E-state index is 12.2. The van der Waals surface area contributed by atoms with Crippen molar-refractivity contribution in [3.05, 3.63) is 65.7 Å². The number of hydrogen-bond donors (Lipinski definition) is 3. The summed E-state index contributed by atoms with van der Waals surface area (Å²) in [5.74, 6) is -1.33. The number of anilines is 1. The van der Waals surface area contributed by atoms with Crippen LogP contribution >= 0.6 is 0 Å². The minimum Gasteiger partial charge on any atom is -0.481 e. The van der Waals surface area contributed by atoms with Gasteiger partial charge in [0.05, 0.1) is 6.42 Å². The summed E-state index contributed by atoms with van der Waals surface area (Å²) in [6.07, 6.45) is -0.156. The molecule has 1 unspecified atom stereocenters. The fourth-order valence-corrected chi connectivity index (χ4v) is 1.98. The maximum atomic E-state index is 12.2. The van der Waals surface area contributed by atoms with Crippen LogP contribution in [-0.2, 0) is 16.0 Å². The van der Waals surface area contributed by atoms with Gasteiger partial charge in [0, 0.05) is 5.69 Å². The van der Waals surface area contributed by atoms with Crippen molar-refractivity contribution in [1.29, 1.82) is 0 Å². The Bertz CT molecular complexity index is 641. The summed E-state index contributed by atoms with van der Waals surface area (Å²) in [5, 5.41) is 11.6. The lowest BCUT2D eigenvalue weighted by Gasteiger charge is -2.14. The van der Waals surface area contributed by atoms with Crippen molar-refractivity contribution in [1.82, 2.24) is 0 Å². The van der Waals surface area contributed by atoms with Gasteiger partial charge in [-0.25, -0.2) is 0 Å². The third-order valence-corrected chi connectivity index (χ3v) is 3.06. The molecule has 2 aromatic carbocycles. The van der Waals surface area contributed by atoms with Crippen LogP contribution in [-0.4, -0.2) is 17.0 Å². The normalized spacial score (nSPS) is 11.7. The molecule has 0 radical (unpaired) electrons. The Labute approximate surface area is 122 Å². The predicted octanol–water partition coefficient (Wildman–Crippen LogP) is 1.95. The SMILES string of the molecule is NC(C(=O)Nc1ccccc1CC(=O)O)c1ccccc1. The summed E-state index contributed by atoms with van der Waals surface area (Å²) < 4.78 is 0. The first-order valence-electron chi connectivity index (χ1n) is 6.49. The molecule has 2 aromatic rings. The fourth-order valence-electron chi connectivity index (χ4n) is 1.98. The Balaban J connectivity index is 2.14. The third-order valence-electron chi connectivity index (χ3n) is 3.06. The van der Waals surface area contributed by atoms with Crippen molar-refractivity contribution >= 4 is 17.6 Å². The Kier molecular flexibility index (Phi) is 4.68. The molecule has 21 heavy (non-hydrogen) atoms. The van der Waals surface area contributed by atoms with Gasteiger partial charge in [-0.1, -0.05) is 48.5 Å². The van der Waals surface area contributed by atoms with Crippen molar-refractivity contribution in [2.24, 2.45) is 5.73 Å². The van der Waals surface area contributed by atoms with E-state index < -0.39 is 12.0 Å². The van der Waals surface area contributed by atoms with Gasteiger partial charge in [-0.2, -0.15) is 0 Å². The van der Waals surface area contributed by atoms with E-state index in [4.69, 9.17) is 10.8 Å². The first-order valence-corrected chi connectivity index (χ1v) is 6.49. The zero-order valence-electron chi connectivity index (χ0n) is 11.3. The number of carbonyl (C=O) groups excluding carboxylic acids is 1. The average molecular weight is 284 g/mol. The summed E-state index contributed by atoms with van der Waals surface area (Å²) in [6.45, 7) is 0. The van der Waals surface area contributed by atoms with Gasteiger partial charge in [-0.15, -0.1) is 0 Å². The van der Waals surface area contributed by atoms with Gasteiger partial charge in [-0.3, -0.25) is 9.59 Å². The number of carboxylic acids is 1. The maximum Gasteiger partial charge on any atom is 0.307 e. The van der Waals surface area contributed by atoms with Gasteiger partial charge in [0.1, 0.15) is 6.04 Å². The Hall–Kier alpha value is -2.66. The van der Waals surface area contributed by atoms with Crippen LogP contribution < -0.4 is 11.1 Å². The van der Waals surface area contributed by atoms with Gasteiger partial charge >= 0.3 is 5.97 Å². The average Bonchev–Trinajstić information content (AvgIpc) is 2.49. The largest absolute Gasteiger partial charge is 0.481 e. The number of amides is 1. The summed E-state index contributed by atoms with van der Waals surface area (Å²) in [4.78, 5) is 23.0. The Morgan fingerprint density at radius 1 is 1.05 bits per heavy atom. The number of carboxylic acid groups (broad SMARTS) is 1. The summed E-state index contributed by atoms with van der Waals surface area (Å²) in [7, 11) is 0. The minimum absolute atomic E-state index is 0.156. The molecule has 0 spiro atoms. The van der Waals surface area contributed by atoms with E-state index in [0.717, 1.165) is 0 Å². The number of nitrogens with one attached hydrogen (secondary N) is 1. The van der Waals surface area contributed by atoms with E-state index in [2.05, 4.69) is 5.32 Å². The quantitative estimate of drug-likeness (QED) is 0.782. The van der Waals surface area contributed by atoms with E-state index in [1.54, 1.807) is 48.5 Å². The van der Waals surface area contributed by atoms with Crippen LogP contribution in [0.5, 0.6) is 0 Å². The molecule has 108 valence electrons. The molecule has 0 saturated heterocycles. The number of aliphatic carboxylic acids is 1. The van der Waals surface area contributed by atoms with Crippen LogP contribution in [0.2, 0.25) is 0 Å². The van der Waals surface area contributed by atoms with E-state index in [-0.39, 0.29) is 12.3 Å².